The smallest absolute Gasteiger partial charge is 0.184 e. The predicted octanol–water partition coefficient (Wildman–Crippen LogP) is 1.13. The van der Waals surface area contributed by atoms with Crippen LogP contribution in [-0.4, -0.2) is 12.9 Å². The fourth-order valence-electron chi connectivity index (χ4n) is 0.352. The molecular weight excluding hydrogens is 104 g/mol. The largest absolute Gasteiger partial charge is 0.491 e. The van der Waals surface area contributed by atoms with Crippen molar-refractivity contribution in [2.75, 3.05) is 6.61 Å². The van der Waals surface area contributed by atoms with Crippen LogP contribution in [0.1, 0.15) is 13.8 Å². The van der Waals surface area contributed by atoms with Gasteiger partial charge in [0.1, 0.15) is 0 Å². The van der Waals surface area contributed by atoms with E-state index in [0.717, 1.165) is 0 Å². The van der Waals surface area contributed by atoms with Crippen molar-refractivity contribution in [1.82, 2.24) is 0 Å². The quantitative estimate of drug-likeness (QED) is 0.312. The van der Waals surface area contributed by atoms with Crippen LogP contribution < -0.4 is 0 Å². The van der Waals surface area contributed by atoms with Gasteiger partial charge in [0.2, 0.25) is 0 Å². The zero-order chi connectivity index (χ0) is 6.41. The molecule has 0 atom stereocenters. The molecule has 0 rings (SSSR count). The van der Waals surface area contributed by atoms with Crippen molar-refractivity contribution in [3.63, 3.8) is 0 Å². The summed E-state index contributed by atoms with van der Waals surface area (Å²) in [6.45, 7) is 4.16. The van der Waals surface area contributed by atoms with Gasteiger partial charge in [0.25, 0.3) is 0 Å². The average molecular weight is 114 g/mol. The normalized spacial score (nSPS) is 11.0. The molecule has 0 unspecified atom stereocenters. The first-order valence-corrected chi connectivity index (χ1v) is 2.59. The first-order chi connectivity index (χ1) is 3.85. The van der Waals surface area contributed by atoms with E-state index >= 15 is 0 Å². The molecule has 0 bridgehead atoms. The maximum absolute atomic E-state index is 9.93. The zero-order valence-corrected chi connectivity index (χ0v) is 5.18. The molecule has 0 spiro atoms. The van der Waals surface area contributed by atoms with Crippen molar-refractivity contribution in [3.05, 3.63) is 11.8 Å². The number of hydrogen-bond acceptors (Lipinski definition) is 2. The minimum Gasteiger partial charge on any atom is -0.491 e. The monoisotopic (exact) mass is 114 g/mol. The van der Waals surface area contributed by atoms with Gasteiger partial charge in [-0.05, 0) is 19.9 Å². The van der Waals surface area contributed by atoms with Gasteiger partial charge in [0, 0.05) is 0 Å². The Balaban J connectivity index is 3.54. The lowest BCUT2D eigenvalue weighted by molar-refractivity contribution is -0.107. The fourth-order valence-corrected chi connectivity index (χ4v) is 0.352. The molecule has 0 saturated carbocycles. The highest BCUT2D eigenvalue weighted by Crippen LogP contribution is 1.89. The van der Waals surface area contributed by atoms with Crippen molar-refractivity contribution in [3.8, 4) is 0 Å². The molecule has 0 aliphatic carbocycles. The summed E-state index contributed by atoms with van der Waals surface area (Å²) < 4.78 is 4.83. The molecule has 0 radical (unpaired) electrons. The second-order valence-electron chi connectivity index (χ2n) is 1.24. The van der Waals surface area contributed by atoms with E-state index in [1.54, 1.807) is 13.0 Å². The first kappa shape index (κ1) is 7.21. The van der Waals surface area contributed by atoms with Crippen LogP contribution in [0.5, 0.6) is 0 Å². The van der Waals surface area contributed by atoms with E-state index in [2.05, 4.69) is 0 Å². The average Bonchev–Trinajstić information content (AvgIpc) is 1.83. The molecule has 0 fully saturated rings. The molecule has 2 nitrogen and oxygen atoms in total. The number of hydrogen-bond donors (Lipinski definition) is 0. The minimum absolute atomic E-state index is 0.410. The van der Waals surface area contributed by atoms with Gasteiger partial charge >= 0.3 is 0 Å². The van der Waals surface area contributed by atoms with Gasteiger partial charge in [-0.2, -0.15) is 0 Å². The second kappa shape index (κ2) is 4.37. The molecule has 0 aromatic rings. The summed E-state index contributed by atoms with van der Waals surface area (Å²) in [5, 5.41) is 0. The number of carbonyl (C=O) groups is 1. The van der Waals surface area contributed by atoms with Crippen LogP contribution in [0.3, 0.4) is 0 Å². The van der Waals surface area contributed by atoms with Crippen molar-refractivity contribution >= 4 is 6.29 Å². The Morgan fingerprint density at radius 3 is 2.50 bits per heavy atom. The maximum Gasteiger partial charge on any atom is 0.184 e. The lowest BCUT2D eigenvalue weighted by Gasteiger charge is -1.96. The van der Waals surface area contributed by atoms with Gasteiger partial charge in [-0.15, -0.1) is 0 Å². The van der Waals surface area contributed by atoms with Crippen LogP contribution in [0.15, 0.2) is 11.8 Å². The van der Waals surface area contributed by atoms with Crippen molar-refractivity contribution in [2.45, 2.75) is 13.8 Å². The van der Waals surface area contributed by atoms with Gasteiger partial charge in [-0.3, -0.25) is 4.79 Å². The van der Waals surface area contributed by atoms with Crippen LogP contribution >= 0.6 is 0 Å². The van der Waals surface area contributed by atoms with Crippen molar-refractivity contribution < 1.29 is 9.53 Å². The summed E-state index contributed by atoms with van der Waals surface area (Å²) in [5.74, 6) is 0.410. The van der Waals surface area contributed by atoms with E-state index in [-0.39, 0.29) is 0 Å². The van der Waals surface area contributed by atoms with Crippen LogP contribution in [0.2, 0.25) is 0 Å². The SMILES string of the molecule is CC=C(C=O)OCC. The first-order valence-electron chi connectivity index (χ1n) is 2.59. The minimum atomic E-state index is 0.410. The van der Waals surface area contributed by atoms with E-state index in [4.69, 9.17) is 4.74 Å². The summed E-state index contributed by atoms with van der Waals surface area (Å²) in [5.41, 5.74) is 0. The van der Waals surface area contributed by atoms with E-state index in [1.807, 2.05) is 6.92 Å². The second-order valence-corrected chi connectivity index (χ2v) is 1.24. The lowest BCUT2D eigenvalue weighted by atomic mass is 10.5. The highest BCUT2D eigenvalue weighted by atomic mass is 16.5. The van der Waals surface area contributed by atoms with Crippen molar-refractivity contribution in [2.24, 2.45) is 0 Å². The number of ether oxygens (including phenoxy) is 1. The topological polar surface area (TPSA) is 26.3 Å². The van der Waals surface area contributed by atoms with Crippen LogP contribution in [0.4, 0.5) is 0 Å². The molecule has 0 aliphatic rings. The Kier molecular flexibility index (Phi) is 3.94. The van der Waals surface area contributed by atoms with Gasteiger partial charge in [0.05, 0.1) is 6.61 Å². The van der Waals surface area contributed by atoms with E-state index in [0.29, 0.717) is 18.7 Å². The summed E-state index contributed by atoms with van der Waals surface area (Å²) in [4.78, 5) is 9.93. The highest BCUT2D eigenvalue weighted by molar-refractivity contribution is 5.69. The maximum atomic E-state index is 9.93. The standard InChI is InChI=1S/C6H10O2/c1-3-6(5-7)8-4-2/h3,5H,4H2,1-2H3. The lowest BCUT2D eigenvalue weighted by Crippen LogP contribution is -1.90. The summed E-state index contributed by atoms with van der Waals surface area (Å²) in [7, 11) is 0. The third-order valence-electron chi connectivity index (χ3n) is 0.712. The molecule has 0 N–H and O–H groups in total. The number of aldehydes is 1. The van der Waals surface area contributed by atoms with Gasteiger partial charge in [0.15, 0.2) is 12.0 Å². The Morgan fingerprint density at radius 2 is 2.38 bits per heavy atom. The van der Waals surface area contributed by atoms with Crippen molar-refractivity contribution in [1.29, 1.82) is 0 Å². The number of allylic oxidation sites excluding steroid dienone is 2. The molecule has 2 heteroatoms. The Hall–Kier alpha value is -0.790. The van der Waals surface area contributed by atoms with Gasteiger partial charge in [-0.25, -0.2) is 0 Å². The predicted molar refractivity (Wildman–Crippen MR) is 31.4 cm³/mol. The summed E-state index contributed by atoms with van der Waals surface area (Å²) in [6, 6.07) is 0. The van der Waals surface area contributed by atoms with E-state index < -0.39 is 0 Å². The number of rotatable bonds is 3. The Bertz CT molecular complexity index is 94.7. The zero-order valence-electron chi connectivity index (χ0n) is 5.18. The summed E-state index contributed by atoms with van der Waals surface area (Å²) in [6.07, 6.45) is 2.33. The molecular formula is C6H10O2. The third kappa shape index (κ3) is 2.39. The highest BCUT2D eigenvalue weighted by Gasteiger charge is 1.86. The molecule has 0 aromatic carbocycles. The number of carbonyl (C=O) groups excluding carboxylic acids is 1. The molecule has 0 heterocycles. The molecule has 46 valence electrons. The third-order valence-corrected chi connectivity index (χ3v) is 0.712. The molecule has 0 saturated heterocycles. The van der Waals surface area contributed by atoms with E-state index in [9.17, 15) is 4.79 Å². The molecule has 0 aromatic heterocycles. The molecule has 0 amide bonds. The Labute approximate surface area is 49.1 Å². The molecule has 0 aliphatic heterocycles. The van der Waals surface area contributed by atoms with Crippen LogP contribution in [0, 0.1) is 0 Å². The molecule has 8 heavy (non-hydrogen) atoms. The van der Waals surface area contributed by atoms with Gasteiger partial charge < -0.3 is 4.74 Å². The van der Waals surface area contributed by atoms with Crippen LogP contribution in [0.25, 0.3) is 0 Å². The summed E-state index contributed by atoms with van der Waals surface area (Å²) >= 11 is 0. The Morgan fingerprint density at radius 1 is 1.75 bits per heavy atom. The fraction of sp³-hybridized carbons (Fsp3) is 0.500. The van der Waals surface area contributed by atoms with Crippen LogP contribution in [-0.2, 0) is 9.53 Å². The van der Waals surface area contributed by atoms with E-state index in [1.165, 1.54) is 0 Å². The van der Waals surface area contributed by atoms with Gasteiger partial charge in [-0.1, -0.05) is 0 Å².